The smallest absolute Gasteiger partial charge is 0.222 e. The number of nitrogens with two attached hydrogens (primary N) is 1. The molecule has 6 nitrogen and oxygen atoms in total. The normalized spacial score (nSPS) is 15.1. The number of likely N-dealkylation sites (tertiary alicyclic amines) is 1. The van der Waals surface area contributed by atoms with Crippen LogP contribution in [0.3, 0.4) is 0 Å². The minimum atomic E-state index is 0.194. The van der Waals surface area contributed by atoms with Gasteiger partial charge in [0.25, 0.3) is 0 Å². The van der Waals surface area contributed by atoms with Crippen molar-refractivity contribution in [3.05, 3.63) is 41.6 Å². The number of nitrogens with one attached hydrogen (secondary N) is 1. The molecule has 1 aromatic carbocycles. The highest BCUT2D eigenvalue weighted by Gasteiger charge is 2.13. The second kappa shape index (κ2) is 8.07. The van der Waals surface area contributed by atoms with E-state index in [4.69, 9.17) is 5.73 Å². The lowest BCUT2D eigenvalue weighted by Gasteiger charge is -2.25. The monoisotopic (exact) mass is 339 g/mol. The van der Waals surface area contributed by atoms with Crippen molar-refractivity contribution >= 4 is 23.2 Å². The molecule has 0 bridgehead atoms. The summed E-state index contributed by atoms with van der Waals surface area (Å²) in [5.74, 6) is 1.08. The zero-order chi connectivity index (χ0) is 17.6. The van der Waals surface area contributed by atoms with Gasteiger partial charge in [0.1, 0.15) is 5.82 Å². The third-order valence-electron chi connectivity index (χ3n) is 4.45. The number of nitrogen functional groups attached to an aromatic ring is 1. The maximum absolute atomic E-state index is 12.4. The number of hydrogen-bond donors (Lipinski definition) is 2. The van der Waals surface area contributed by atoms with Crippen LogP contribution in [-0.2, 0) is 0 Å². The molecule has 3 N–H and O–H groups in total. The van der Waals surface area contributed by atoms with Crippen LogP contribution in [-0.4, -0.2) is 40.3 Å². The average molecular weight is 339 g/mol. The number of carbonyl (C=O) groups excluding carboxylic acids is 1. The lowest BCUT2D eigenvalue weighted by atomic mass is 10.1. The van der Waals surface area contributed by atoms with Crippen LogP contribution in [0.2, 0.25) is 0 Å². The summed E-state index contributed by atoms with van der Waals surface area (Å²) in [5, 5.41) is 3.18. The van der Waals surface area contributed by atoms with Gasteiger partial charge in [-0.05, 0) is 57.1 Å². The van der Waals surface area contributed by atoms with Crippen molar-refractivity contribution < 1.29 is 4.79 Å². The Morgan fingerprint density at radius 2 is 1.88 bits per heavy atom. The molecule has 2 aromatic rings. The van der Waals surface area contributed by atoms with Crippen LogP contribution in [0.5, 0.6) is 0 Å². The van der Waals surface area contributed by atoms with Gasteiger partial charge in [-0.1, -0.05) is 6.42 Å². The topological polar surface area (TPSA) is 84.1 Å². The van der Waals surface area contributed by atoms with Crippen molar-refractivity contribution in [1.29, 1.82) is 0 Å². The first-order valence-electron chi connectivity index (χ1n) is 8.84. The Hall–Kier alpha value is -2.47. The van der Waals surface area contributed by atoms with E-state index in [1.165, 1.54) is 19.3 Å². The van der Waals surface area contributed by atoms with Gasteiger partial charge < -0.3 is 16.0 Å². The highest BCUT2D eigenvalue weighted by atomic mass is 16.1. The molecule has 2 heterocycles. The van der Waals surface area contributed by atoms with Crippen molar-refractivity contribution in [1.82, 2.24) is 14.9 Å². The Balaban J connectivity index is 1.56. The number of piperidine rings is 1. The summed E-state index contributed by atoms with van der Waals surface area (Å²) >= 11 is 0. The highest BCUT2D eigenvalue weighted by molar-refractivity contribution is 5.96. The Morgan fingerprint density at radius 3 is 2.56 bits per heavy atom. The number of nitrogens with zero attached hydrogens (tertiary/aromatic N) is 3. The molecule has 0 spiro atoms. The maximum Gasteiger partial charge on any atom is 0.222 e. The Bertz CT molecular complexity index is 703. The average Bonchev–Trinajstić information content (AvgIpc) is 2.60. The molecule has 1 aliphatic heterocycles. The first-order valence-corrected chi connectivity index (χ1v) is 8.84. The zero-order valence-corrected chi connectivity index (χ0v) is 14.7. The van der Waals surface area contributed by atoms with E-state index in [1.807, 2.05) is 37.3 Å². The van der Waals surface area contributed by atoms with E-state index in [0.717, 1.165) is 36.6 Å². The SMILES string of the molecule is Cc1cc(Nc2ccc(C(=O)CCN3CCCCC3)cc2)nc(N)n1. The summed E-state index contributed by atoms with van der Waals surface area (Å²) in [6, 6.07) is 9.33. The quantitative estimate of drug-likeness (QED) is 0.787. The zero-order valence-electron chi connectivity index (χ0n) is 14.7. The van der Waals surface area contributed by atoms with Gasteiger partial charge in [-0.3, -0.25) is 4.79 Å². The number of rotatable bonds is 6. The van der Waals surface area contributed by atoms with E-state index >= 15 is 0 Å². The van der Waals surface area contributed by atoms with E-state index in [1.54, 1.807) is 0 Å². The second-order valence-corrected chi connectivity index (χ2v) is 6.53. The molecular weight excluding hydrogens is 314 g/mol. The van der Waals surface area contributed by atoms with Crippen molar-refractivity contribution in [2.24, 2.45) is 0 Å². The van der Waals surface area contributed by atoms with Gasteiger partial charge in [0.2, 0.25) is 5.95 Å². The number of Topliss-reactive ketones (excluding diaryl/α,β-unsaturated/α-hetero) is 1. The van der Waals surface area contributed by atoms with Crippen LogP contribution in [0.4, 0.5) is 17.5 Å². The van der Waals surface area contributed by atoms with Crippen LogP contribution in [0, 0.1) is 6.92 Å². The molecule has 6 heteroatoms. The van der Waals surface area contributed by atoms with Crippen LogP contribution < -0.4 is 11.1 Å². The molecule has 0 aliphatic carbocycles. The lowest BCUT2D eigenvalue weighted by Crippen LogP contribution is -2.31. The molecule has 25 heavy (non-hydrogen) atoms. The molecule has 1 aliphatic rings. The number of anilines is 3. The molecule has 1 fully saturated rings. The molecule has 3 rings (SSSR count). The van der Waals surface area contributed by atoms with Gasteiger partial charge in [0.05, 0.1) is 0 Å². The molecule has 1 aromatic heterocycles. The van der Waals surface area contributed by atoms with Crippen molar-refractivity contribution in [2.75, 3.05) is 30.7 Å². The van der Waals surface area contributed by atoms with Crippen molar-refractivity contribution in [2.45, 2.75) is 32.6 Å². The standard InChI is InChI=1S/C19H25N5O/c1-14-13-18(23-19(20)21-14)22-16-7-5-15(6-8-16)17(25)9-12-24-10-3-2-4-11-24/h5-8,13H,2-4,9-12H2,1H3,(H3,20,21,22,23). The molecule has 0 saturated carbocycles. The summed E-state index contributed by atoms with van der Waals surface area (Å²) in [6.07, 6.45) is 4.40. The van der Waals surface area contributed by atoms with Crippen molar-refractivity contribution in [3.63, 3.8) is 0 Å². The molecule has 1 saturated heterocycles. The number of aromatic nitrogens is 2. The van der Waals surface area contributed by atoms with Gasteiger partial charge in [-0.2, -0.15) is 4.98 Å². The summed E-state index contributed by atoms with van der Waals surface area (Å²) in [6.45, 7) is 4.97. The Morgan fingerprint density at radius 1 is 1.16 bits per heavy atom. The van der Waals surface area contributed by atoms with Gasteiger partial charge in [-0.25, -0.2) is 4.98 Å². The number of benzene rings is 1. The van der Waals surface area contributed by atoms with Crippen LogP contribution >= 0.6 is 0 Å². The summed E-state index contributed by atoms with van der Waals surface area (Å²) in [5.41, 5.74) is 8.08. The summed E-state index contributed by atoms with van der Waals surface area (Å²) in [4.78, 5) is 23.0. The highest BCUT2D eigenvalue weighted by Crippen LogP contribution is 2.18. The Kier molecular flexibility index (Phi) is 5.60. The fraction of sp³-hybridized carbons (Fsp3) is 0.421. The number of aryl methyl sites for hydroxylation is 1. The predicted octanol–water partition coefficient (Wildman–Crippen LogP) is 3.17. The second-order valence-electron chi connectivity index (χ2n) is 6.53. The van der Waals surface area contributed by atoms with E-state index in [0.29, 0.717) is 12.2 Å². The predicted molar refractivity (Wildman–Crippen MR) is 100 cm³/mol. The molecule has 0 unspecified atom stereocenters. The van der Waals surface area contributed by atoms with Gasteiger partial charge in [0, 0.05) is 36.0 Å². The third-order valence-corrected chi connectivity index (χ3v) is 4.45. The number of hydrogen-bond acceptors (Lipinski definition) is 6. The van der Waals surface area contributed by atoms with E-state index < -0.39 is 0 Å². The van der Waals surface area contributed by atoms with E-state index in [-0.39, 0.29) is 11.7 Å². The van der Waals surface area contributed by atoms with Gasteiger partial charge in [0.15, 0.2) is 5.78 Å². The van der Waals surface area contributed by atoms with Crippen LogP contribution in [0.1, 0.15) is 41.7 Å². The maximum atomic E-state index is 12.4. The van der Waals surface area contributed by atoms with Gasteiger partial charge >= 0.3 is 0 Å². The summed E-state index contributed by atoms with van der Waals surface area (Å²) < 4.78 is 0. The first-order chi connectivity index (χ1) is 12.1. The lowest BCUT2D eigenvalue weighted by molar-refractivity contribution is 0.0958. The van der Waals surface area contributed by atoms with Crippen LogP contribution in [0.15, 0.2) is 30.3 Å². The Labute approximate surface area is 148 Å². The molecule has 0 radical (unpaired) electrons. The molecule has 132 valence electrons. The fourth-order valence-electron chi connectivity index (χ4n) is 3.13. The van der Waals surface area contributed by atoms with Crippen LogP contribution in [0.25, 0.3) is 0 Å². The largest absolute Gasteiger partial charge is 0.368 e. The minimum absolute atomic E-state index is 0.194. The van der Waals surface area contributed by atoms with E-state index in [2.05, 4.69) is 20.2 Å². The summed E-state index contributed by atoms with van der Waals surface area (Å²) in [7, 11) is 0. The van der Waals surface area contributed by atoms with Crippen molar-refractivity contribution in [3.8, 4) is 0 Å². The fourth-order valence-corrected chi connectivity index (χ4v) is 3.13. The molecule has 0 atom stereocenters. The number of ketones is 1. The third kappa shape index (κ3) is 5.00. The minimum Gasteiger partial charge on any atom is -0.368 e. The van der Waals surface area contributed by atoms with E-state index in [9.17, 15) is 4.79 Å². The first kappa shape index (κ1) is 17.4. The molecular formula is C19H25N5O. The number of carbonyl (C=O) groups is 1. The van der Waals surface area contributed by atoms with Gasteiger partial charge in [-0.15, -0.1) is 0 Å². The molecule has 0 amide bonds.